The SMILES string of the molecule is CC[C@H](C)[C@H](NC(=O)[C@H](Cc1c[nH]c2ccccc12)NC(=O)[C@H](CSCC[P+](C)(C)C)NC(=O)[C@H](Cc1c[nH]c2ccccc12)NC(=O)[C@H](Cc1c[nH]c2ccccc12)NC(=O)[C@H](CSCCC[P+](C)(C)C)NC(=O)[C@H](CSCC[P+](C)(C)C)NC(=O)CCc1ccc2n1[B-](F)(F)[N+]1=C(C)C=C(C)C1=C2)C(=O)N[C@@H](CSCCC[P+](C)(C)C)C(=O)N[C@@H](Cc1c[nH]c2ccccc12)C(N)=O. The van der Waals surface area contributed by atoms with Crippen LogP contribution in [0.4, 0.5) is 8.63 Å². The number of aromatic nitrogens is 5. The van der Waals surface area contributed by atoms with E-state index in [0.29, 0.717) is 63.2 Å². The number of para-hydroxylation sites is 4. The molecule has 0 saturated carbocycles. The third kappa shape index (κ3) is 30.6. The molecule has 0 bridgehead atoms. The van der Waals surface area contributed by atoms with Crippen molar-refractivity contribution < 1.29 is 61.1 Å². The number of H-pyrrole nitrogens is 4. The second kappa shape index (κ2) is 48.2. The van der Waals surface area contributed by atoms with Crippen LogP contribution in [0.2, 0.25) is 0 Å². The average Bonchev–Trinajstić information content (AvgIpc) is 1.57. The molecule has 7 heterocycles. The molecule has 9 aromatic rings. The number of hydrogen-bond donors (Lipinski definition) is 14. The first-order chi connectivity index (χ1) is 63.9. The van der Waals surface area contributed by atoms with E-state index in [4.69, 9.17) is 5.73 Å². The summed E-state index contributed by atoms with van der Waals surface area (Å²) in [4.78, 5) is 166. The van der Waals surface area contributed by atoms with Gasteiger partial charge in [-0.05, 0) is 108 Å². The maximum Gasteiger partial charge on any atom is 0.737 e. The van der Waals surface area contributed by atoms with Gasteiger partial charge in [0.15, 0.2) is 5.70 Å². The third-order valence-electron chi connectivity index (χ3n) is 24.5. The fourth-order valence-corrected chi connectivity index (χ4v) is 28.0. The standard InChI is InChI=1S/C98H135BF2N16O10P4S4/c1-17-62(2)89(98(127)114-86(60-133-45-27-41-129(8,9)10)95(124)108-79(90(102)119)49-65-54-103-75-32-22-18-28-71(65)75)115-93(122)82(52-68-57-106-78-35-25-21-31-74(68)78)111-97(126)85(61-135-47-43-131(14,15)16)112-92(121)81(51-67-56-105-77-34-24-20-30-73(67)77)109-91(120)80(50-66-55-104-76-33-23-19-29-72(66)76)110-96(125)84(59-132-44-26-40-128(5,6)7)113-94(123)83(58-134-46-42-130(11,12)13)107-88(118)39-38-69-36-37-70-53-87-63(3)48-64(4)116(87)99(100,101)117(69)70/h18-25,28-37,48,53-57,62,79-86,89,103-106H,17,26-27,38-47,49-52,58-61H2,1-16H3,(H7-4,102,107,108,109,110,111,112,113,114,115,118,119,120,121,122,123,124,125,126,127)/p+4/t62-,79-,80-,81-,82-,83-,84-,85-,86-,89-/m0/s1. The molecule has 2 aliphatic heterocycles. The number of thioether (sulfide) groups is 4. The molecule has 11 rings (SSSR count). The van der Waals surface area contributed by atoms with E-state index in [9.17, 15) is 14.4 Å². The Kier molecular flexibility index (Phi) is 38.1. The topological polar surface area (TPSA) is 376 Å². The minimum Gasteiger partial charge on any atom is -0.394 e. The predicted octanol–water partition coefficient (Wildman–Crippen LogP) is 12.6. The lowest BCUT2D eigenvalue weighted by atomic mass is 9.89. The summed E-state index contributed by atoms with van der Waals surface area (Å²) < 4.78 is 35.4. The minimum atomic E-state index is -4.32. The highest BCUT2D eigenvalue weighted by molar-refractivity contribution is 8.00. The highest BCUT2D eigenvalue weighted by Crippen LogP contribution is 2.49. The molecule has 728 valence electrons. The van der Waals surface area contributed by atoms with Gasteiger partial charge in [0.1, 0.15) is 60.1 Å². The molecule has 0 radical (unpaired) electrons. The van der Waals surface area contributed by atoms with Gasteiger partial charge in [-0.2, -0.15) is 47.0 Å². The number of benzene rings is 4. The quantitative estimate of drug-likeness (QED) is 0.00957. The molecule has 15 N–H and O–H groups in total. The molecule has 37 heteroatoms. The van der Waals surface area contributed by atoms with Crippen LogP contribution in [0.1, 0.15) is 87.0 Å². The zero-order valence-electron chi connectivity index (χ0n) is 80.8. The number of hydrogen-bond acceptors (Lipinski definition) is 14. The van der Waals surface area contributed by atoms with Crippen molar-refractivity contribution in [3.05, 3.63) is 185 Å². The van der Waals surface area contributed by atoms with Gasteiger partial charge in [0.25, 0.3) is 0 Å². The lowest BCUT2D eigenvalue weighted by Crippen LogP contribution is -2.62. The Bertz CT molecular complexity index is 5810. The van der Waals surface area contributed by atoms with Crippen LogP contribution in [0, 0.1) is 5.92 Å². The van der Waals surface area contributed by atoms with Gasteiger partial charge in [-0.3, -0.25) is 47.9 Å². The van der Waals surface area contributed by atoms with E-state index in [1.54, 1.807) is 69.8 Å². The van der Waals surface area contributed by atoms with Crippen LogP contribution in [-0.4, -0.2) is 306 Å². The molecule has 0 unspecified atom stereocenters. The van der Waals surface area contributed by atoms with E-state index < -0.39 is 155 Å². The van der Waals surface area contributed by atoms with E-state index in [-0.39, 0.29) is 67.2 Å². The van der Waals surface area contributed by atoms with Gasteiger partial charge in [0, 0.05) is 274 Å². The second-order valence-electron chi connectivity index (χ2n) is 39.7. The number of fused-ring (bicyclic) bond motifs is 6. The van der Waals surface area contributed by atoms with E-state index in [1.807, 2.05) is 104 Å². The molecule has 0 saturated heterocycles. The highest BCUT2D eigenvalue weighted by Gasteiger charge is 2.53. The molecule has 0 spiro atoms. The molecule has 135 heavy (non-hydrogen) atoms. The summed E-state index contributed by atoms with van der Waals surface area (Å²) in [6.07, 6.45) is 15.6. The van der Waals surface area contributed by atoms with Crippen molar-refractivity contribution in [2.24, 2.45) is 11.7 Å². The maximum atomic E-state index is 16.7. The van der Waals surface area contributed by atoms with Crippen molar-refractivity contribution in [2.45, 2.75) is 140 Å². The first-order valence-corrected chi connectivity index (χ1v) is 64.3. The smallest absolute Gasteiger partial charge is 0.394 e. The molecular weight excluding hydrogens is 1860 g/mol. The Hall–Kier alpha value is -8.79. The van der Waals surface area contributed by atoms with Crippen molar-refractivity contribution in [1.29, 1.82) is 0 Å². The molecule has 5 aromatic heterocycles. The number of carbonyl (C=O) groups excluding carboxylic acids is 10. The molecule has 4 aromatic carbocycles. The number of rotatable bonds is 53. The summed E-state index contributed by atoms with van der Waals surface area (Å²) >= 11 is 5.87. The zero-order valence-corrected chi connectivity index (χ0v) is 87.6. The molecule has 10 amide bonds. The van der Waals surface area contributed by atoms with Gasteiger partial charge >= 0.3 is 6.97 Å². The van der Waals surface area contributed by atoms with Crippen molar-refractivity contribution in [3.63, 3.8) is 0 Å². The monoisotopic (exact) mass is 2000 g/mol. The first kappa shape index (κ1) is 107. The molecular formula is C98H139BF2N16O10P4S4+4. The Morgan fingerprint density at radius 1 is 0.415 bits per heavy atom. The fraction of sp³-hybridized carbons (Fsp3) is 0.480. The highest BCUT2D eigenvalue weighted by atomic mass is 32.2. The van der Waals surface area contributed by atoms with Crippen LogP contribution in [-0.2, 0) is 80.0 Å². The summed E-state index contributed by atoms with van der Waals surface area (Å²) in [7, 11) is -5.05. The van der Waals surface area contributed by atoms with Crippen LogP contribution in [0.15, 0.2) is 151 Å². The number of aryl methyl sites for hydroxylation is 1. The minimum absolute atomic E-state index is 0.00222. The second-order valence-corrected chi connectivity index (χ2v) is 64.4. The summed E-state index contributed by atoms with van der Waals surface area (Å²) in [5.74, 6) is -4.82. The summed E-state index contributed by atoms with van der Waals surface area (Å²) in [6, 6.07) is 21.4. The zero-order chi connectivity index (χ0) is 97.9. The van der Waals surface area contributed by atoms with Gasteiger partial charge in [0.05, 0.1) is 24.6 Å². The number of primary amides is 1. The maximum absolute atomic E-state index is 16.7. The van der Waals surface area contributed by atoms with Crippen LogP contribution in [0.25, 0.3) is 49.7 Å². The normalized spacial score (nSPS) is 15.6. The number of amides is 10. The third-order valence-corrected chi connectivity index (χ3v) is 36.0. The summed E-state index contributed by atoms with van der Waals surface area (Å²) in [6.45, 7) is 29.6. The number of carbonyl (C=O) groups is 10. The Morgan fingerprint density at radius 3 is 1.11 bits per heavy atom. The van der Waals surface area contributed by atoms with Crippen LogP contribution < -0.4 is 53.6 Å². The van der Waals surface area contributed by atoms with Gasteiger partial charge in [-0.15, -0.1) is 0 Å². The molecule has 2 aliphatic rings. The molecule has 26 nitrogen and oxygen atoms in total. The number of nitrogens with one attached hydrogen (secondary N) is 13. The predicted molar refractivity (Wildman–Crippen MR) is 570 cm³/mol. The van der Waals surface area contributed by atoms with E-state index in [2.05, 4.69) is 148 Å². The lowest BCUT2D eigenvalue weighted by molar-refractivity contribution is -0.362. The van der Waals surface area contributed by atoms with Crippen molar-refractivity contribution in [3.8, 4) is 0 Å². The molecule has 0 fully saturated rings. The van der Waals surface area contributed by atoms with Crippen molar-refractivity contribution >= 4 is 198 Å². The average molecular weight is 2000 g/mol. The number of allylic oxidation sites excluding steroid dienone is 2. The van der Waals surface area contributed by atoms with Crippen LogP contribution in [0.5, 0.6) is 0 Å². The lowest BCUT2D eigenvalue weighted by Gasteiger charge is -2.31. The van der Waals surface area contributed by atoms with Gasteiger partial charge in [0.2, 0.25) is 59.1 Å². The number of halogens is 2. The summed E-state index contributed by atoms with van der Waals surface area (Å²) in [5, 5.41) is 30.1. The number of nitrogens with two attached hydrogens (primary N) is 1. The van der Waals surface area contributed by atoms with Gasteiger partial charge in [-0.25, -0.2) is 0 Å². The summed E-state index contributed by atoms with van der Waals surface area (Å²) in [5.41, 5.74) is 13.9. The Labute approximate surface area is 812 Å². The fourth-order valence-electron chi connectivity index (χ4n) is 16.7. The molecule has 10 atom stereocenters. The van der Waals surface area contributed by atoms with E-state index in [1.165, 1.54) is 47.0 Å². The van der Waals surface area contributed by atoms with E-state index in [0.717, 1.165) is 101 Å². The van der Waals surface area contributed by atoms with Gasteiger partial charge in [-0.1, -0.05) is 93.1 Å². The van der Waals surface area contributed by atoms with Gasteiger partial charge < -0.3 is 91.1 Å². The first-order valence-electron chi connectivity index (χ1n) is 46.4. The Balaban J connectivity index is 0.889. The van der Waals surface area contributed by atoms with E-state index >= 15 is 42.2 Å². The van der Waals surface area contributed by atoms with Crippen molar-refractivity contribution in [2.75, 3.05) is 151 Å². The number of aromatic amines is 4. The van der Waals surface area contributed by atoms with Crippen LogP contribution in [0.3, 0.4) is 0 Å². The van der Waals surface area contributed by atoms with Crippen molar-refractivity contribution in [1.82, 2.24) is 72.3 Å². The largest absolute Gasteiger partial charge is 0.737 e. The molecule has 0 aliphatic carbocycles. The number of nitrogens with zero attached hydrogens (tertiary/aromatic N) is 2. The Morgan fingerprint density at radius 2 is 0.741 bits per heavy atom. The van der Waals surface area contributed by atoms with Crippen LogP contribution >= 0.6 is 76.1 Å².